The molecule has 0 amide bonds. The first kappa shape index (κ1) is 15.2. The topological polar surface area (TPSA) is 38.1 Å². The van der Waals surface area contributed by atoms with Crippen molar-refractivity contribution in [3.63, 3.8) is 0 Å². The van der Waals surface area contributed by atoms with E-state index in [1.807, 2.05) is 12.3 Å². The Hall–Kier alpha value is -1.77. The molecule has 1 rings (SSSR count). The normalized spacial score (nSPS) is 10.9. The summed E-state index contributed by atoms with van der Waals surface area (Å²) in [6.07, 6.45) is 10.8. The third-order valence-electron chi connectivity index (χ3n) is 2.10. The van der Waals surface area contributed by atoms with E-state index in [-0.39, 0.29) is 0 Å². The highest BCUT2D eigenvalue weighted by Crippen LogP contribution is 1.96. The summed E-state index contributed by atoms with van der Waals surface area (Å²) >= 11 is 0. The van der Waals surface area contributed by atoms with Crippen LogP contribution in [0, 0.1) is 0 Å². The lowest BCUT2D eigenvalue weighted by atomic mass is 10.2. The fourth-order valence-corrected chi connectivity index (χ4v) is 0.850. The second kappa shape index (κ2) is 10.7. The maximum Gasteiger partial charge on any atom is 0.0528 e. The molecule has 0 radical (unpaired) electrons. The predicted molar refractivity (Wildman–Crippen MR) is 74.1 cm³/mol. The van der Waals surface area contributed by atoms with Crippen molar-refractivity contribution in [3.05, 3.63) is 48.5 Å². The summed E-state index contributed by atoms with van der Waals surface area (Å²) in [7, 11) is 0. The van der Waals surface area contributed by atoms with Crippen LogP contribution in [0.2, 0.25) is 0 Å². The number of aliphatic imine (C=N–C) groups is 1. The standard InChI is InChI=1S/C8H13N.C6H8N2/c1-4-6-9-7-8(3)5-2;1-2-6-3-4-7-8-5-6/h4,6-7H,1,5H2,2-3H3;3-5H,2H2,1H3/b8-7+,9-6?;. The Bertz CT molecular complexity index is 353. The van der Waals surface area contributed by atoms with E-state index in [0.717, 1.165) is 12.8 Å². The number of hydrogen-bond acceptors (Lipinski definition) is 3. The van der Waals surface area contributed by atoms with Crippen LogP contribution in [0.3, 0.4) is 0 Å². The van der Waals surface area contributed by atoms with Gasteiger partial charge in [-0.2, -0.15) is 10.2 Å². The zero-order chi connectivity index (χ0) is 12.9. The number of aryl methyl sites for hydroxylation is 1. The first-order chi connectivity index (χ1) is 8.24. The number of hydrogen-bond donors (Lipinski definition) is 0. The summed E-state index contributed by atoms with van der Waals surface area (Å²) in [5.74, 6) is 0. The van der Waals surface area contributed by atoms with E-state index >= 15 is 0 Å². The van der Waals surface area contributed by atoms with Crippen LogP contribution < -0.4 is 0 Å². The molecule has 1 aromatic rings. The van der Waals surface area contributed by atoms with Gasteiger partial charge >= 0.3 is 0 Å². The molecule has 0 aliphatic rings. The second-order valence-corrected chi connectivity index (χ2v) is 3.47. The van der Waals surface area contributed by atoms with E-state index in [0.29, 0.717) is 0 Å². The molecule has 0 fully saturated rings. The van der Waals surface area contributed by atoms with Crippen molar-refractivity contribution in [1.29, 1.82) is 0 Å². The highest BCUT2D eigenvalue weighted by molar-refractivity contribution is 5.70. The Morgan fingerprint density at radius 1 is 1.41 bits per heavy atom. The van der Waals surface area contributed by atoms with Crippen molar-refractivity contribution < 1.29 is 0 Å². The molecule has 1 heterocycles. The van der Waals surface area contributed by atoms with Crippen LogP contribution in [0.15, 0.2) is 47.9 Å². The van der Waals surface area contributed by atoms with Crippen LogP contribution in [-0.4, -0.2) is 16.4 Å². The fraction of sp³-hybridized carbons (Fsp3) is 0.357. The number of nitrogens with zero attached hydrogens (tertiary/aromatic N) is 3. The second-order valence-electron chi connectivity index (χ2n) is 3.47. The van der Waals surface area contributed by atoms with Gasteiger partial charge in [0.2, 0.25) is 0 Å². The molecule has 0 atom stereocenters. The summed E-state index contributed by atoms with van der Waals surface area (Å²) in [5.41, 5.74) is 2.52. The molecule has 0 aliphatic heterocycles. The van der Waals surface area contributed by atoms with Gasteiger partial charge in [-0.25, -0.2) is 0 Å². The van der Waals surface area contributed by atoms with E-state index in [4.69, 9.17) is 0 Å². The summed E-state index contributed by atoms with van der Waals surface area (Å²) in [6.45, 7) is 9.76. The largest absolute Gasteiger partial charge is 0.265 e. The SMILES string of the molecule is C=CC=N/C=C(\C)CC.CCc1ccnnc1. The highest BCUT2D eigenvalue weighted by atomic mass is 15.1. The Morgan fingerprint density at radius 2 is 2.18 bits per heavy atom. The minimum atomic E-state index is 1.04. The molecular formula is C14H21N3. The zero-order valence-corrected chi connectivity index (χ0v) is 10.9. The quantitative estimate of drug-likeness (QED) is 0.743. The molecule has 0 spiro atoms. The molecule has 0 aliphatic carbocycles. The first-order valence-electron chi connectivity index (χ1n) is 5.80. The maximum absolute atomic E-state index is 3.96. The predicted octanol–water partition coefficient (Wildman–Crippen LogP) is 3.60. The Labute approximate surface area is 104 Å². The molecule has 0 unspecified atom stereocenters. The molecule has 0 saturated heterocycles. The minimum Gasteiger partial charge on any atom is -0.265 e. The molecular weight excluding hydrogens is 210 g/mol. The molecule has 0 bridgehead atoms. The lowest BCUT2D eigenvalue weighted by Crippen LogP contribution is -1.82. The summed E-state index contributed by atoms with van der Waals surface area (Å²) in [4.78, 5) is 3.96. The van der Waals surface area contributed by atoms with E-state index in [1.165, 1.54) is 11.1 Å². The van der Waals surface area contributed by atoms with E-state index in [1.54, 1.807) is 24.7 Å². The van der Waals surface area contributed by atoms with Gasteiger partial charge in [-0.3, -0.25) is 4.99 Å². The van der Waals surface area contributed by atoms with Gasteiger partial charge in [0, 0.05) is 18.6 Å². The Balaban J connectivity index is 0.000000302. The van der Waals surface area contributed by atoms with Crippen LogP contribution in [0.5, 0.6) is 0 Å². The van der Waals surface area contributed by atoms with Gasteiger partial charge in [0.1, 0.15) is 0 Å². The van der Waals surface area contributed by atoms with Crippen LogP contribution in [0.25, 0.3) is 0 Å². The van der Waals surface area contributed by atoms with Crippen LogP contribution in [0.1, 0.15) is 32.8 Å². The first-order valence-corrected chi connectivity index (χ1v) is 5.80. The minimum absolute atomic E-state index is 1.04. The van der Waals surface area contributed by atoms with Crippen molar-refractivity contribution in [2.45, 2.75) is 33.6 Å². The van der Waals surface area contributed by atoms with Crippen molar-refractivity contribution in [3.8, 4) is 0 Å². The van der Waals surface area contributed by atoms with Crippen LogP contribution in [0.4, 0.5) is 0 Å². The molecule has 3 nitrogen and oxygen atoms in total. The van der Waals surface area contributed by atoms with Crippen molar-refractivity contribution in [2.75, 3.05) is 0 Å². The number of aromatic nitrogens is 2. The highest BCUT2D eigenvalue weighted by Gasteiger charge is 1.82. The lowest BCUT2D eigenvalue weighted by molar-refractivity contribution is 0.983. The number of allylic oxidation sites excluding steroid dienone is 2. The van der Waals surface area contributed by atoms with Gasteiger partial charge in [0.05, 0.1) is 6.20 Å². The third-order valence-corrected chi connectivity index (χ3v) is 2.10. The van der Waals surface area contributed by atoms with Crippen LogP contribution in [-0.2, 0) is 6.42 Å². The van der Waals surface area contributed by atoms with Gasteiger partial charge in [0.15, 0.2) is 0 Å². The lowest BCUT2D eigenvalue weighted by Gasteiger charge is -1.87. The maximum atomic E-state index is 3.96. The Kier molecular flexibility index (Phi) is 9.62. The summed E-state index contributed by atoms with van der Waals surface area (Å²) in [6, 6.07) is 1.97. The Morgan fingerprint density at radius 3 is 2.59 bits per heavy atom. The van der Waals surface area contributed by atoms with Crippen molar-refractivity contribution in [2.24, 2.45) is 4.99 Å². The number of rotatable bonds is 4. The average molecular weight is 231 g/mol. The van der Waals surface area contributed by atoms with Crippen molar-refractivity contribution in [1.82, 2.24) is 10.2 Å². The molecule has 1 aromatic heterocycles. The van der Waals surface area contributed by atoms with Gasteiger partial charge in [-0.05, 0) is 31.4 Å². The summed E-state index contributed by atoms with van der Waals surface area (Å²) in [5, 5.41) is 7.35. The monoisotopic (exact) mass is 231 g/mol. The third kappa shape index (κ3) is 9.18. The van der Waals surface area contributed by atoms with E-state index in [2.05, 4.69) is 42.5 Å². The molecule has 17 heavy (non-hydrogen) atoms. The van der Waals surface area contributed by atoms with E-state index < -0.39 is 0 Å². The molecule has 0 N–H and O–H groups in total. The van der Waals surface area contributed by atoms with Gasteiger partial charge in [-0.15, -0.1) is 0 Å². The van der Waals surface area contributed by atoms with Crippen molar-refractivity contribution >= 4 is 6.21 Å². The van der Waals surface area contributed by atoms with Crippen LogP contribution >= 0.6 is 0 Å². The smallest absolute Gasteiger partial charge is 0.0528 e. The van der Waals surface area contributed by atoms with Gasteiger partial charge in [0.25, 0.3) is 0 Å². The fourth-order valence-electron chi connectivity index (χ4n) is 0.850. The summed E-state index contributed by atoms with van der Waals surface area (Å²) < 4.78 is 0. The average Bonchev–Trinajstić information content (AvgIpc) is 2.40. The van der Waals surface area contributed by atoms with E-state index in [9.17, 15) is 0 Å². The van der Waals surface area contributed by atoms with Gasteiger partial charge < -0.3 is 0 Å². The molecule has 0 aromatic carbocycles. The molecule has 3 heteroatoms. The van der Waals surface area contributed by atoms with Gasteiger partial charge in [-0.1, -0.05) is 32.1 Å². The molecule has 92 valence electrons. The molecule has 0 saturated carbocycles. The zero-order valence-electron chi connectivity index (χ0n) is 10.9.